The molecule has 1 fully saturated rings. The predicted molar refractivity (Wildman–Crippen MR) is 109 cm³/mol. The lowest BCUT2D eigenvalue weighted by molar-refractivity contribution is -0.115. The Labute approximate surface area is 169 Å². The molecule has 1 aliphatic carbocycles. The minimum atomic E-state index is -0.540. The summed E-state index contributed by atoms with van der Waals surface area (Å²) in [6.45, 7) is 0.275. The molecule has 0 radical (unpaired) electrons. The van der Waals surface area contributed by atoms with Crippen molar-refractivity contribution in [2.75, 3.05) is 11.9 Å². The number of hydrogen-bond acceptors (Lipinski definition) is 4. The van der Waals surface area contributed by atoms with Crippen LogP contribution in [0.3, 0.4) is 0 Å². The fourth-order valence-corrected chi connectivity index (χ4v) is 3.67. The molecule has 29 heavy (non-hydrogen) atoms. The van der Waals surface area contributed by atoms with Crippen LogP contribution in [0.25, 0.3) is 0 Å². The molecule has 0 aromatic heterocycles. The van der Waals surface area contributed by atoms with E-state index in [1.54, 1.807) is 12.1 Å². The van der Waals surface area contributed by atoms with Gasteiger partial charge in [-0.2, -0.15) is 0 Å². The van der Waals surface area contributed by atoms with Crippen LogP contribution in [0.4, 0.5) is 10.5 Å². The first-order valence-corrected chi connectivity index (χ1v) is 9.99. The molecule has 4 rings (SSSR count). The maximum Gasteiger partial charge on any atom is 0.315 e. The maximum absolute atomic E-state index is 12.2. The largest absolute Gasteiger partial charge is 0.448 e. The van der Waals surface area contributed by atoms with Gasteiger partial charge in [-0.1, -0.05) is 36.8 Å². The van der Waals surface area contributed by atoms with Gasteiger partial charge in [0, 0.05) is 31.1 Å². The summed E-state index contributed by atoms with van der Waals surface area (Å²) in [6.07, 6.45) is 5.15. The highest BCUT2D eigenvalue weighted by Gasteiger charge is 2.42. The number of ether oxygens (including phenoxy) is 2. The lowest BCUT2D eigenvalue weighted by Gasteiger charge is -2.31. The first-order chi connectivity index (χ1) is 14.1. The average Bonchev–Trinajstić information content (AvgIpc) is 3.08. The van der Waals surface area contributed by atoms with Gasteiger partial charge >= 0.3 is 6.03 Å². The molecule has 3 amide bonds. The van der Waals surface area contributed by atoms with E-state index in [9.17, 15) is 9.59 Å². The van der Waals surface area contributed by atoms with Gasteiger partial charge in [-0.15, -0.1) is 0 Å². The first-order valence-electron chi connectivity index (χ1n) is 9.99. The van der Waals surface area contributed by atoms with E-state index >= 15 is 0 Å². The molecular formula is C22H25N3O4. The normalized spacial score (nSPS) is 16.3. The lowest BCUT2D eigenvalue weighted by atomic mass is 9.94. The molecular weight excluding hydrogens is 370 g/mol. The molecule has 2 aliphatic rings. The Morgan fingerprint density at radius 2 is 1.66 bits per heavy atom. The van der Waals surface area contributed by atoms with Crippen LogP contribution in [-0.2, 0) is 11.3 Å². The number of amides is 3. The lowest BCUT2D eigenvalue weighted by Crippen LogP contribution is -2.40. The Bertz CT molecular complexity index is 879. The van der Waals surface area contributed by atoms with Gasteiger partial charge in [0.15, 0.2) is 11.5 Å². The minimum absolute atomic E-state index is 0.126. The number of anilines is 1. The zero-order chi connectivity index (χ0) is 20.1. The highest BCUT2D eigenvalue weighted by atomic mass is 16.7. The second kappa shape index (κ2) is 8.43. The highest BCUT2D eigenvalue weighted by Crippen LogP contribution is 2.46. The Kier molecular flexibility index (Phi) is 5.55. The second-order valence-electron chi connectivity index (χ2n) is 7.41. The number of fused-ring (bicyclic) bond motifs is 1. The van der Waals surface area contributed by atoms with E-state index in [2.05, 4.69) is 16.0 Å². The molecule has 2 aromatic carbocycles. The monoisotopic (exact) mass is 395 g/mol. The van der Waals surface area contributed by atoms with E-state index in [-0.39, 0.29) is 12.5 Å². The van der Waals surface area contributed by atoms with Gasteiger partial charge in [0.2, 0.25) is 5.91 Å². The molecule has 7 nitrogen and oxygen atoms in total. The van der Waals surface area contributed by atoms with Crippen LogP contribution in [0.15, 0.2) is 48.5 Å². The van der Waals surface area contributed by atoms with Crippen LogP contribution >= 0.6 is 0 Å². The van der Waals surface area contributed by atoms with Crippen LogP contribution in [0.5, 0.6) is 11.5 Å². The van der Waals surface area contributed by atoms with Crippen molar-refractivity contribution in [3.63, 3.8) is 0 Å². The molecule has 1 spiro atoms. The Balaban J connectivity index is 1.24. The molecule has 0 bridgehead atoms. The van der Waals surface area contributed by atoms with Gasteiger partial charge in [0.05, 0.1) is 6.54 Å². The van der Waals surface area contributed by atoms with Crippen LogP contribution in [0, 0.1) is 0 Å². The van der Waals surface area contributed by atoms with Gasteiger partial charge in [0.25, 0.3) is 5.79 Å². The number of benzene rings is 2. The Morgan fingerprint density at radius 3 is 2.45 bits per heavy atom. The van der Waals surface area contributed by atoms with E-state index in [1.807, 2.05) is 36.4 Å². The van der Waals surface area contributed by atoms with Crippen molar-refractivity contribution < 1.29 is 19.1 Å². The maximum atomic E-state index is 12.2. The van der Waals surface area contributed by atoms with E-state index < -0.39 is 11.8 Å². The molecule has 0 atom stereocenters. The summed E-state index contributed by atoms with van der Waals surface area (Å²) < 4.78 is 12.1. The van der Waals surface area contributed by atoms with Gasteiger partial charge in [-0.3, -0.25) is 4.79 Å². The smallest absolute Gasteiger partial charge is 0.315 e. The first kappa shape index (κ1) is 19.1. The third-order valence-electron chi connectivity index (χ3n) is 5.14. The van der Waals surface area contributed by atoms with E-state index in [4.69, 9.17) is 9.47 Å². The average molecular weight is 395 g/mol. The second-order valence-corrected chi connectivity index (χ2v) is 7.41. The Hall–Kier alpha value is -3.22. The number of carbonyl (C=O) groups is 2. The summed E-state index contributed by atoms with van der Waals surface area (Å²) in [7, 11) is 0. The highest BCUT2D eigenvalue weighted by molar-refractivity contribution is 5.94. The summed E-state index contributed by atoms with van der Waals surface area (Å²) >= 11 is 0. The van der Waals surface area contributed by atoms with Gasteiger partial charge < -0.3 is 25.4 Å². The van der Waals surface area contributed by atoms with E-state index in [0.29, 0.717) is 23.7 Å². The van der Waals surface area contributed by atoms with Crippen molar-refractivity contribution in [2.45, 2.75) is 44.4 Å². The van der Waals surface area contributed by atoms with Gasteiger partial charge in [-0.25, -0.2) is 4.79 Å². The number of urea groups is 1. The molecule has 3 N–H and O–H groups in total. The SMILES string of the molecule is O=C(CNC(=O)NCc1ccccc1)Nc1ccc2c(c1)OC1(CCCCC1)O2. The summed E-state index contributed by atoms with van der Waals surface area (Å²) in [5.74, 6) is 0.509. The Morgan fingerprint density at radius 1 is 0.897 bits per heavy atom. The zero-order valence-electron chi connectivity index (χ0n) is 16.2. The van der Waals surface area contributed by atoms with Crippen molar-refractivity contribution in [3.05, 3.63) is 54.1 Å². The quantitative estimate of drug-likeness (QED) is 0.722. The van der Waals surface area contributed by atoms with Crippen LogP contribution in [-0.4, -0.2) is 24.3 Å². The van der Waals surface area contributed by atoms with Crippen molar-refractivity contribution in [1.82, 2.24) is 10.6 Å². The predicted octanol–water partition coefficient (Wildman–Crippen LogP) is 3.56. The number of hydrogen-bond donors (Lipinski definition) is 3. The molecule has 152 valence electrons. The van der Waals surface area contributed by atoms with Crippen LogP contribution in [0.1, 0.15) is 37.7 Å². The summed E-state index contributed by atoms with van der Waals surface area (Å²) in [5.41, 5.74) is 1.60. The fraction of sp³-hybridized carbons (Fsp3) is 0.364. The summed E-state index contributed by atoms with van der Waals surface area (Å²) in [6, 6.07) is 14.5. The van der Waals surface area contributed by atoms with Crippen molar-refractivity contribution in [1.29, 1.82) is 0 Å². The van der Waals surface area contributed by atoms with Crippen LogP contribution < -0.4 is 25.4 Å². The molecule has 2 aromatic rings. The zero-order valence-corrected chi connectivity index (χ0v) is 16.2. The summed E-state index contributed by atoms with van der Waals surface area (Å²) in [4.78, 5) is 24.0. The molecule has 1 heterocycles. The fourth-order valence-electron chi connectivity index (χ4n) is 3.67. The number of carbonyl (C=O) groups excluding carboxylic acids is 2. The standard InChI is InChI=1S/C22H25N3O4/c26-20(15-24-21(27)23-14-16-7-3-1-4-8-16)25-17-9-10-18-19(13-17)29-22(28-18)11-5-2-6-12-22/h1,3-4,7-10,13H,2,5-6,11-12,14-15H2,(H,25,26)(H2,23,24,27). The number of nitrogens with one attached hydrogen (secondary N) is 3. The number of rotatable bonds is 5. The third kappa shape index (κ3) is 4.80. The van der Waals surface area contributed by atoms with Gasteiger partial charge in [0.1, 0.15) is 0 Å². The van der Waals surface area contributed by atoms with Crippen molar-refractivity contribution in [2.24, 2.45) is 0 Å². The van der Waals surface area contributed by atoms with Gasteiger partial charge in [-0.05, 0) is 30.5 Å². The summed E-state index contributed by atoms with van der Waals surface area (Å²) in [5, 5.41) is 8.05. The third-order valence-corrected chi connectivity index (χ3v) is 5.14. The van der Waals surface area contributed by atoms with Crippen molar-refractivity contribution in [3.8, 4) is 11.5 Å². The van der Waals surface area contributed by atoms with E-state index in [0.717, 1.165) is 31.2 Å². The molecule has 0 unspecified atom stereocenters. The van der Waals surface area contributed by atoms with Crippen molar-refractivity contribution >= 4 is 17.6 Å². The molecule has 7 heteroatoms. The molecule has 1 aliphatic heterocycles. The molecule has 0 saturated heterocycles. The molecule has 1 saturated carbocycles. The minimum Gasteiger partial charge on any atom is -0.448 e. The topological polar surface area (TPSA) is 88.7 Å². The van der Waals surface area contributed by atoms with E-state index in [1.165, 1.54) is 6.42 Å². The van der Waals surface area contributed by atoms with Crippen LogP contribution in [0.2, 0.25) is 0 Å².